The third kappa shape index (κ3) is 2.85. The number of nitrogens with zero attached hydrogens (tertiary/aromatic N) is 3. The van der Waals surface area contributed by atoms with E-state index in [1.165, 1.54) is 0 Å². The Morgan fingerprint density at radius 3 is 2.20 bits per heavy atom. The van der Waals surface area contributed by atoms with Gasteiger partial charge in [-0.15, -0.1) is 0 Å². The molecule has 0 saturated heterocycles. The third-order valence-corrected chi connectivity index (χ3v) is 3.43. The molecule has 2 heterocycles. The summed E-state index contributed by atoms with van der Waals surface area (Å²) in [5.74, 6) is -0.784. The summed E-state index contributed by atoms with van der Waals surface area (Å²) in [6.07, 6.45) is 3.72. The molecule has 7 nitrogen and oxygen atoms in total. The third-order valence-electron chi connectivity index (χ3n) is 2.98. The van der Waals surface area contributed by atoms with Crippen LogP contribution in [-0.2, 0) is 22.7 Å². The minimum atomic E-state index is -0.395. The van der Waals surface area contributed by atoms with Gasteiger partial charge in [0, 0.05) is 32.1 Å². The SMILES string of the molecule is NC(=O)CCn1c(=S)n(CCC(N)=O)c2cnccc21. The van der Waals surface area contributed by atoms with Gasteiger partial charge >= 0.3 is 0 Å². The lowest BCUT2D eigenvalue weighted by Crippen LogP contribution is -2.15. The van der Waals surface area contributed by atoms with Crippen molar-refractivity contribution in [1.82, 2.24) is 14.1 Å². The number of rotatable bonds is 6. The summed E-state index contributed by atoms with van der Waals surface area (Å²) in [5.41, 5.74) is 12.0. The highest BCUT2D eigenvalue weighted by molar-refractivity contribution is 7.71. The van der Waals surface area contributed by atoms with Crippen molar-refractivity contribution < 1.29 is 9.59 Å². The van der Waals surface area contributed by atoms with Crippen LogP contribution in [0.1, 0.15) is 12.8 Å². The summed E-state index contributed by atoms with van der Waals surface area (Å²) in [7, 11) is 0. The van der Waals surface area contributed by atoms with E-state index >= 15 is 0 Å². The number of imidazole rings is 1. The number of nitrogens with two attached hydrogens (primary N) is 2. The fourth-order valence-corrected chi connectivity index (χ4v) is 2.42. The number of primary amides is 2. The normalized spacial score (nSPS) is 10.8. The van der Waals surface area contributed by atoms with Gasteiger partial charge in [0.2, 0.25) is 11.8 Å². The molecule has 2 aromatic heterocycles. The van der Waals surface area contributed by atoms with Gasteiger partial charge in [0.1, 0.15) is 0 Å². The van der Waals surface area contributed by atoms with Gasteiger partial charge in [-0.2, -0.15) is 0 Å². The number of carbonyl (C=O) groups is 2. The van der Waals surface area contributed by atoms with Gasteiger partial charge in [-0.25, -0.2) is 0 Å². The number of aryl methyl sites for hydroxylation is 2. The Morgan fingerprint density at radius 2 is 1.65 bits per heavy atom. The van der Waals surface area contributed by atoms with Crippen LogP contribution in [0.25, 0.3) is 11.0 Å². The van der Waals surface area contributed by atoms with Crippen molar-refractivity contribution in [1.29, 1.82) is 0 Å². The number of hydrogen-bond donors (Lipinski definition) is 2. The van der Waals surface area contributed by atoms with Gasteiger partial charge in [0.15, 0.2) is 4.77 Å². The molecule has 0 aliphatic carbocycles. The lowest BCUT2D eigenvalue weighted by atomic mass is 10.3. The summed E-state index contributed by atoms with van der Waals surface area (Å²) >= 11 is 5.39. The molecule has 0 aromatic carbocycles. The predicted molar refractivity (Wildman–Crippen MR) is 76.2 cm³/mol. The number of fused-ring (bicyclic) bond motifs is 1. The molecule has 0 radical (unpaired) electrons. The zero-order chi connectivity index (χ0) is 14.7. The minimum Gasteiger partial charge on any atom is -0.370 e. The number of aromatic nitrogens is 3. The highest BCUT2D eigenvalue weighted by Crippen LogP contribution is 2.17. The van der Waals surface area contributed by atoms with Crippen molar-refractivity contribution in [3.05, 3.63) is 23.2 Å². The van der Waals surface area contributed by atoms with Crippen LogP contribution in [0.2, 0.25) is 0 Å². The molecule has 4 N–H and O–H groups in total. The Balaban J connectivity index is 2.46. The van der Waals surface area contributed by atoms with E-state index in [2.05, 4.69) is 4.98 Å². The maximum absolute atomic E-state index is 10.9. The molecule has 0 aliphatic heterocycles. The van der Waals surface area contributed by atoms with Crippen molar-refractivity contribution in [2.45, 2.75) is 25.9 Å². The smallest absolute Gasteiger partial charge is 0.219 e. The van der Waals surface area contributed by atoms with Crippen molar-refractivity contribution in [3.63, 3.8) is 0 Å². The Labute approximate surface area is 120 Å². The predicted octanol–water partition coefficient (Wildman–Crippen LogP) is 0.318. The molecule has 106 valence electrons. The maximum atomic E-state index is 10.9. The van der Waals surface area contributed by atoms with Gasteiger partial charge in [0.25, 0.3) is 0 Å². The van der Waals surface area contributed by atoms with E-state index in [0.29, 0.717) is 17.9 Å². The molecule has 2 aromatic rings. The molecule has 0 spiro atoms. The molecular formula is C12H15N5O2S. The van der Waals surface area contributed by atoms with Crippen LogP contribution in [0, 0.1) is 4.77 Å². The van der Waals surface area contributed by atoms with Gasteiger partial charge in [-0.05, 0) is 18.3 Å². The van der Waals surface area contributed by atoms with E-state index in [1.54, 1.807) is 17.0 Å². The van der Waals surface area contributed by atoms with Crippen LogP contribution in [0.5, 0.6) is 0 Å². The minimum absolute atomic E-state index is 0.193. The van der Waals surface area contributed by atoms with E-state index < -0.39 is 5.91 Å². The van der Waals surface area contributed by atoms with Crippen LogP contribution >= 0.6 is 12.2 Å². The van der Waals surface area contributed by atoms with E-state index in [1.807, 2.05) is 10.6 Å². The summed E-state index contributed by atoms with van der Waals surface area (Å²) in [4.78, 5) is 25.9. The quantitative estimate of drug-likeness (QED) is 0.747. The molecule has 0 unspecified atom stereocenters. The van der Waals surface area contributed by atoms with Crippen LogP contribution in [0.3, 0.4) is 0 Å². The highest BCUT2D eigenvalue weighted by atomic mass is 32.1. The lowest BCUT2D eigenvalue weighted by molar-refractivity contribution is -0.119. The second-order valence-corrected chi connectivity index (χ2v) is 4.75. The second kappa shape index (κ2) is 5.83. The molecule has 0 aliphatic rings. The Morgan fingerprint density at radius 1 is 1.10 bits per heavy atom. The standard InChI is InChI=1S/C12H15N5O2S/c13-10(18)2-5-16-8-1-4-15-7-9(8)17(12(16)20)6-3-11(14)19/h1,4,7H,2-3,5-6H2,(H2,13,18)(H2,14,19). The molecule has 2 amide bonds. The molecule has 8 heteroatoms. The van der Waals surface area contributed by atoms with Crippen molar-refractivity contribution in [3.8, 4) is 0 Å². The first kappa shape index (κ1) is 14.2. The van der Waals surface area contributed by atoms with Crippen LogP contribution < -0.4 is 11.5 Å². The van der Waals surface area contributed by atoms with E-state index in [9.17, 15) is 9.59 Å². The molecular weight excluding hydrogens is 278 g/mol. The summed E-state index contributed by atoms with van der Waals surface area (Å²) < 4.78 is 4.14. The number of carbonyl (C=O) groups excluding carboxylic acids is 2. The van der Waals surface area contributed by atoms with E-state index in [-0.39, 0.29) is 18.7 Å². The highest BCUT2D eigenvalue weighted by Gasteiger charge is 2.11. The number of hydrogen-bond acceptors (Lipinski definition) is 4. The fraction of sp³-hybridized carbons (Fsp3) is 0.333. The van der Waals surface area contributed by atoms with Gasteiger partial charge in [-0.3, -0.25) is 14.6 Å². The Bertz CT molecular complexity index is 660. The second-order valence-electron chi connectivity index (χ2n) is 4.38. The Hall–Kier alpha value is -2.22. The topological polar surface area (TPSA) is 109 Å². The average Bonchev–Trinajstić information content (AvgIpc) is 2.66. The summed E-state index contributed by atoms with van der Waals surface area (Å²) in [6.45, 7) is 0.790. The summed E-state index contributed by atoms with van der Waals surface area (Å²) in [5, 5.41) is 0. The van der Waals surface area contributed by atoms with Crippen LogP contribution in [0.15, 0.2) is 18.5 Å². The van der Waals surface area contributed by atoms with Gasteiger partial charge < -0.3 is 20.6 Å². The van der Waals surface area contributed by atoms with Crippen molar-refractivity contribution in [2.75, 3.05) is 0 Å². The average molecular weight is 293 g/mol. The Kier molecular flexibility index (Phi) is 4.14. The maximum Gasteiger partial charge on any atom is 0.219 e. The van der Waals surface area contributed by atoms with Crippen LogP contribution in [0.4, 0.5) is 0 Å². The lowest BCUT2D eigenvalue weighted by Gasteiger charge is -2.02. The van der Waals surface area contributed by atoms with Crippen LogP contribution in [-0.4, -0.2) is 25.9 Å². The fourth-order valence-electron chi connectivity index (χ4n) is 2.04. The summed E-state index contributed by atoms with van der Waals surface area (Å²) in [6, 6.07) is 1.81. The van der Waals surface area contributed by atoms with Crippen molar-refractivity contribution >= 4 is 35.1 Å². The van der Waals surface area contributed by atoms with Gasteiger partial charge in [-0.1, -0.05) is 0 Å². The molecule has 0 fully saturated rings. The molecule has 0 atom stereocenters. The van der Waals surface area contributed by atoms with Gasteiger partial charge in [0.05, 0.1) is 17.2 Å². The first-order valence-corrected chi connectivity index (χ1v) is 6.51. The molecule has 2 rings (SSSR count). The first-order valence-electron chi connectivity index (χ1n) is 6.10. The number of amides is 2. The number of pyridine rings is 1. The largest absolute Gasteiger partial charge is 0.370 e. The molecule has 0 saturated carbocycles. The monoisotopic (exact) mass is 293 g/mol. The van der Waals surface area contributed by atoms with E-state index in [4.69, 9.17) is 23.7 Å². The first-order chi connectivity index (χ1) is 9.50. The zero-order valence-electron chi connectivity index (χ0n) is 10.8. The van der Waals surface area contributed by atoms with E-state index in [0.717, 1.165) is 11.0 Å². The van der Waals surface area contributed by atoms with Crippen molar-refractivity contribution in [2.24, 2.45) is 11.5 Å². The molecule has 20 heavy (non-hydrogen) atoms. The zero-order valence-corrected chi connectivity index (χ0v) is 11.6. The molecule has 0 bridgehead atoms.